The third-order valence-corrected chi connectivity index (χ3v) is 8.45. The van der Waals surface area contributed by atoms with Crippen molar-refractivity contribution in [3.63, 3.8) is 0 Å². The lowest BCUT2D eigenvalue weighted by Gasteiger charge is -2.20. The van der Waals surface area contributed by atoms with Gasteiger partial charge in [-0.25, -0.2) is 9.97 Å². The molecule has 7 heteroatoms. The molecule has 7 nitrogen and oxygen atoms in total. The Hall–Kier alpha value is -4.49. The lowest BCUT2D eigenvalue weighted by molar-refractivity contribution is 0.0993. The fourth-order valence-electron chi connectivity index (χ4n) is 5.96. The normalized spacial score (nSPS) is 15.7. The Morgan fingerprint density at radius 3 is 2.53 bits per heavy atom. The molecule has 0 bridgehead atoms. The van der Waals surface area contributed by atoms with E-state index in [9.17, 15) is 4.79 Å². The van der Waals surface area contributed by atoms with Gasteiger partial charge in [-0.1, -0.05) is 48.9 Å². The van der Waals surface area contributed by atoms with E-state index in [2.05, 4.69) is 70.3 Å². The number of carbonyl (C=O) groups excluding carboxylic acids is 1. The Balaban J connectivity index is 1.15. The molecule has 4 heterocycles. The number of ketones is 1. The van der Waals surface area contributed by atoms with Gasteiger partial charge in [0.05, 0.1) is 11.4 Å². The van der Waals surface area contributed by atoms with Crippen LogP contribution in [-0.2, 0) is 19.9 Å². The van der Waals surface area contributed by atoms with Crippen LogP contribution in [0.25, 0.3) is 22.5 Å². The zero-order valence-electron chi connectivity index (χ0n) is 25.2. The van der Waals surface area contributed by atoms with E-state index in [1.54, 1.807) is 10.9 Å². The first-order valence-corrected chi connectivity index (χ1v) is 15.1. The Bertz CT molecular complexity index is 1720. The van der Waals surface area contributed by atoms with Crippen LogP contribution in [0, 0.1) is 6.92 Å². The summed E-state index contributed by atoms with van der Waals surface area (Å²) in [7, 11) is 4.11. The van der Waals surface area contributed by atoms with E-state index in [4.69, 9.17) is 4.98 Å². The molecule has 3 aromatic heterocycles. The summed E-state index contributed by atoms with van der Waals surface area (Å²) in [4.78, 5) is 29.5. The van der Waals surface area contributed by atoms with Crippen LogP contribution in [0.1, 0.15) is 63.6 Å². The zero-order valence-corrected chi connectivity index (χ0v) is 25.2. The highest BCUT2D eigenvalue weighted by Gasteiger charge is 2.18. The van der Waals surface area contributed by atoms with Crippen molar-refractivity contribution in [1.82, 2.24) is 29.6 Å². The molecule has 6 rings (SSSR count). The number of aryl methyl sites for hydroxylation is 2. The molecule has 0 radical (unpaired) electrons. The van der Waals surface area contributed by atoms with Gasteiger partial charge >= 0.3 is 0 Å². The van der Waals surface area contributed by atoms with Crippen molar-refractivity contribution < 1.29 is 4.79 Å². The van der Waals surface area contributed by atoms with Gasteiger partial charge < -0.3 is 4.90 Å². The van der Waals surface area contributed by atoms with Gasteiger partial charge in [0.2, 0.25) is 0 Å². The number of rotatable bonds is 8. The molecule has 1 aliphatic heterocycles. The standard InChI is InChI=1S/C36H38N6O/c1-25-7-8-26(19-35(43)28-11-9-27(10-12-28)29-6-4-5-16-41(2)24-29)18-30(25)21-36-38-15-13-33(39-36)31-20-32(23-37-22-31)34-14-17-42(3)40-34/h7-15,17-18,20,22-23,29H,4-6,16,19,21,24H2,1-3H3. The third-order valence-electron chi connectivity index (χ3n) is 8.45. The maximum absolute atomic E-state index is 13.3. The molecule has 0 saturated carbocycles. The SMILES string of the molecule is Cc1ccc(CC(=O)c2ccc(C3CCCCN(C)C3)cc2)cc1Cc1nccc(-c2cncc(-c3ccn(C)n3)c2)n1. The van der Waals surface area contributed by atoms with Crippen LogP contribution < -0.4 is 0 Å². The number of hydrogen-bond acceptors (Lipinski definition) is 6. The predicted octanol–water partition coefficient (Wildman–Crippen LogP) is 6.46. The summed E-state index contributed by atoms with van der Waals surface area (Å²) in [5.74, 6) is 1.41. The first-order valence-electron chi connectivity index (χ1n) is 15.1. The van der Waals surface area contributed by atoms with Crippen LogP contribution >= 0.6 is 0 Å². The predicted molar refractivity (Wildman–Crippen MR) is 170 cm³/mol. The molecular weight excluding hydrogens is 532 g/mol. The molecule has 218 valence electrons. The van der Waals surface area contributed by atoms with Crippen LogP contribution in [0.15, 0.2) is 85.5 Å². The maximum Gasteiger partial charge on any atom is 0.167 e. The average molecular weight is 571 g/mol. The molecule has 1 aliphatic rings. The Labute approximate surface area is 253 Å². The second-order valence-electron chi connectivity index (χ2n) is 11.8. The molecule has 2 aromatic carbocycles. The van der Waals surface area contributed by atoms with Crippen molar-refractivity contribution in [3.8, 4) is 22.5 Å². The minimum Gasteiger partial charge on any atom is -0.306 e. The van der Waals surface area contributed by atoms with Gasteiger partial charge in [0.25, 0.3) is 0 Å². The van der Waals surface area contributed by atoms with Gasteiger partial charge in [0, 0.05) is 67.9 Å². The summed E-state index contributed by atoms with van der Waals surface area (Å²) in [6.07, 6.45) is 12.0. The van der Waals surface area contributed by atoms with Crippen LogP contribution in [-0.4, -0.2) is 55.6 Å². The summed E-state index contributed by atoms with van der Waals surface area (Å²) in [5, 5.41) is 4.49. The lowest BCUT2D eigenvalue weighted by Crippen LogP contribution is -2.23. The largest absolute Gasteiger partial charge is 0.306 e. The Morgan fingerprint density at radius 2 is 1.74 bits per heavy atom. The lowest BCUT2D eigenvalue weighted by atomic mass is 9.92. The summed E-state index contributed by atoms with van der Waals surface area (Å²) in [6.45, 7) is 4.34. The molecule has 1 saturated heterocycles. The maximum atomic E-state index is 13.3. The number of carbonyl (C=O) groups is 1. The molecule has 1 atom stereocenters. The fraction of sp³-hybridized carbons (Fsp3) is 0.306. The monoisotopic (exact) mass is 570 g/mol. The fourth-order valence-corrected chi connectivity index (χ4v) is 5.96. The van der Waals surface area contributed by atoms with Crippen molar-refractivity contribution in [2.75, 3.05) is 20.1 Å². The number of likely N-dealkylation sites (tertiary alicyclic amines) is 1. The van der Waals surface area contributed by atoms with Crippen molar-refractivity contribution in [2.45, 2.75) is 44.9 Å². The van der Waals surface area contributed by atoms with E-state index in [0.29, 0.717) is 18.8 Å². The summed E-state index contributed by atoms with van der Waals surface area (Å²) < 4.78 is 1.78. The van der Waals surface area contributed by atoms with Gasteiger partial charge in [-0.05, 0) is 79.7 Å². The van der Waals surface area contributed by atoms with Crippen molar-refractivity contribution >= 4 is 5.78 Å². The minimum absolute atomic E-state index is 0.137. The molecular formula is C36H38N6O. The number of hydrogen-bond donors (Lipinski definition) is 0. The van der Waals surface area contributed by atoms with E-state index in [1.165, 1.54) is 31.4 Å². The molecule has 5 aromatic rings. The van der Waals surface area contributed by atoms with Crippen LogP contribution in [0.3, 0.4) is 0 Å². The second-order valence-corrected chi connectivity index (χ2v) is 11.8. The minimum atomic E-state index is 0.137. The summed E-state index contributed by atoms with van der Waals surface area (Å²) in [5.41, 5.74) is 8.93. The second kappa shape index (κ2) is 12.8. The quantitative estimate of drug-likeness (QED) is 0.199. The van der Waals surface area contributed by atoms with E-state index in [-0.39, 0.29) is 5.78 Å². The van der Waals surface area contributed by atoms with Gasteiger partial charge in [0.15, 0.2) is 5.78 Å². The Morgan fingerprint density at radius 1 is 0.930 bits per heavy atom. The topological polar surface area (TPSA) is 76.8 Å². The highest BCUT2D eigenvalue weighted by Crippen LogP contribution is 2.27. The summed E-state index contributed by atoms with van der Waals surface area (Å²) >= 11 is 0. The van der Waals surface area contributed by atoms with Gasteiger partial charge in [-0.15, -0.1) is 0 Å². The zero-order chi connectivity index (χ0) is 29.8. The molecule has 0 spiro atoms. The first-order chi connectivity index (χ1) is 20.9. The summed E-state index contributed by atoms with van der Waals surface area (Å²) in [6, 6.07) is 20.5. The van der Waals surface area contributed by atoms with E-state index in [1.807, 2.05) is 49.9 Å². The molecule has 1 unspecified atom stereocenters. The Kier molecular flexibility index (Phi) is 8.52. The average Bonchev–Trinajstić information content (AvgIpc) is 3.34. The molecule has 1 fully saturated rings. The number of likely N-dealkylation sites (N-methyl/N-ethyl adjacent to an activating group) is 1. The highest BCUT2D eigenvalue weighted by molar-refractivity contribution is 5.97. The third kappa shape index (κ3) is 6.95. The van der Waals surface area contributed by atoms with Gasteiger partial charge in [-0.2, -0.15) is 5.10 Å². The van der Waals surface area contributed by atoms with Crippen LogP contribution in [0.4, 0.5) is 0 Å². The highest BCUT2D eigenvalue weighted by atomic mass is 16.1. The van der Waals surface area contributed by atoms with E-state index >= 15 is 0 Å². The number of nitrogens with zero attached hydrogens (tertiary/aromatic N) is 6. The van der Waals surface area contributed by atoms with Gasteiger partial charge in [-0.3, -0.25) is 14.5 Å². The van der Waals surface area contributed by atoms with E-state index < -0.39 is 0 Å². The first kappa shape index (κ1) is 28.6. The number of aromatic nitrogens is 5. The number of pyridine rings is 1. The molecule has 0 aliphatic carbocycles. The van der Waals surface area contributed by atoms with E-state index in [0.717, 1.165) is 57.1 Å². The smallest absolute Gasteiger partial charge is 0.167 e. The number of benzene rings is 2. The van der Waals surface area contributed by atoms with Crippen molar-refractivity contribution in [1.29, 1.82) is 0 Å². The van der Waals surface area contributed by atoms with Crippen molar-refractivity contribution in [3.05, 3.63) is 119 Å². The van der Waals surface area contributed by atoms with Crippen molar-refractivity contribution in [2.24, 2.45) is 7.05 Å². The number of Topliss-reactive ketones (excluding diaryl/α,β-unsaturated/α-hetero) is 1. The molecule has 0 N–H and O–H groups in total. The van der Waals surface area contributed by atoms with Crippen LogP contribution in [0.2, 0.25) is 0 Å². The molecule has 43 heavy (non-hydrogen) atoms. The molecule has 0 amide bonds. The van der Waals surface area contributed by atoms with Crippen LogP contribution in [0.5, 0.6) is 0 Å². The van der Waals surface area contributed by atoms with Gasteiger partial charge in [0.1, 0.15) is 5.82 Å².